The van der Waals surface area contributed by atoms with Crippen LogP contribution in [0.3, 0.4) is 0 Å². The number of aromatic nitrogens is 4. The molecular formula is C17H19BN4O2S. The van der Waals surface area contributed by atoms with Gasteiger partial charge in [-0.1, -0.05) is 24.3 Å². The average molecular weight is 354 g/mol. The summed E-state index contributed by atoms with van der Waals surface area (Å²) in [5.41, 5.74) is 3.39. The van der Waals surface area contributed by atoms with Gasteiger partial charge >= 0.3 is 7.12 Å². The molecule has 1 saturated heterocycles. The number of benzene rings is 1. The van der Waals surface area contributed by atoms with Crippen LogP contribution in [-0.4, -0.2) is 38.3 Å². The zero-order chi connectivity index (χ0) is 17.6. The van der Waals surface area contributed by atoms with E-state index in [9.17, 15) is 0 Å². The summed E-state index contributed by atoms with van der Waals surface area (Å²) in [5.74, 6) is 0. The van der Waals surface area contributed by atoms with Gasteiger partial charge in [-0.05, 0) is 31.8 Å². The lowest BCUT2D eigenvalue weighted by Gasteiger charge is -2.21. The third-order valence-electron chi connectivity index (χ3n) is 4.70. The van der Waals surface area contributed by atoms with E-state index in [1.54, 1.807) is 6.33 Å². The molecule has 1 unspecified atom stereocenters. The summed E-state index contributed by atoms with van der Waals surface area (Å²) in [5, 5.41) is 0.589. The van der Waals surface area contributed by atoms with Crippen LogP contribution < -0.4 is 5.46 Å². The first-order valence-corrected chi connectivity index (χ1v) is 8.66. The first kappa shape index (κ1) is 16.6. The summed E-state index contributed by atoms with van der Waals surface area (Å²) in [6, 6.07) is 8.25. The zero-order valence-electron chi connectivity index (χ0n) is 14.4. The Balaban J connectivity index is 1.54. The second kappa shape index (κ2) is 6.12. The molecule has 0 aliphatic carbocycles. The summed E-state index contributed by atoms with van der Waals surface area (Å²) < 4.78 is 13.9. The summed E-state index contributed by atoms with van der Waals surface area (Å²) >= 11 is 4.32. The van der Waals surface area contributed by atoms with Crippen LogP contribution in [0.25, 0.3) is 11.2 Å². The fraction of sp³-hybridized carbons (Fsp3) is 0.353. The third-order valence-corrected chi connectivity index (χ3v) is 5.03. The van der Waals surface area contributed by atoms with Crippen LogP contribution in [0, 0.1) is 0 Å². The van der Waals surface area contributed by atoms with Crippen LogP contribution in [0.15, 0.2) is 41.9 Å². The van der Waals surface area contributed by atoms with Crippen LogP contribution in [0.1, 0.15) is 26.3 Å². The van der Waals surface area contributed by atoms with Crippen molar-refractivity contribution in [1.29, 1.82) is 0 Å². The highest BCUT2D eigenvalue weighted by atomic mass is 32.1. The molecule has 0 saturated carbocycles. The Morgan fingerprint density at radius 2 is 1.96 bits per heavy atom. The number of hydrogen-bond donors (Lipinski definition) is 1. The van der Waals surface area contributed by atoms with Crippen molar-refractivity contribution in [2.45, 2.75) is 44.0 Å². The molecule has 0 bridgehead atoms. The number of imidazole rings is 1. The molecule has 1 atom stereocenters. The van der Waals surface area contributed by atoms with E-state index in [2.05, 4.69) is 39.7 Å². The van der Waals surface area contributed by atoms with Gasteiger partial charge in [0.15, 0.2) is 5.65 Å². The first-order valence-electron chi connectivity index (χ1n) is 8.21. The minimum atomic E-state index is -0.312. The molecule has 8 heteroatoms. The molecule has 6 nitrogen and oxygen atoms in total. The second-order valence-corrected chi connectivity index (χ2v) is 7.24. The van der Waals surface area contributed by atoms with E-state index >= 15 is 0 Å². The topological polar surface area (TPSA) is 62.1 Å². The predicted molar refractivity (Wildman–Crippen MR) is 99.2 cm³/mol. The van der Waals surface area contributed by atoms with Gasteiger partial charge in [-0.2, -0.15) is 0 Å². The van der Waals surface area contributed by atoms with Crippen LogP contribution in [-0.2, 0) is 15.9 Å². The minimum absolute atomic E-state index is 0.0598. The Morgan fingerprint density at radius 1 is 1.20 bits per heavy atom. The van der Waals surface area contributed by atoms with E-state index in [1.165, 1.54) is 6.33 Å². The molecule has 3 heterocycles. The fourth-order valence-corrected chi connectivity index (χ4v) is 3.07. The molecule has 4 rings (SSSR count). The highest BCUT2D eigenvalue weighted by Crippen LogP contribution is 2.26. The first-order chi connectivity index (χ1) is 11.9. The maximum atomic E-state index is 6.00. The molecule has 128 valence electrons. The third kappa shape index (κ3) is 3.05. The summed E-state index contributed by atoms with van der Waals surface area (Å²) in [4.78, 5) is 12.7. The Hall–Kier alpha value is -1.90. The molecule has 25 heavy (non-hydrogen) atoms. The molecule has 0 radical (unpaired) electrons. The maximum Gasteiger partial charge on any atom is 0.494 e. The fourth-order valence-electron chi connectivity index (χ4n) is 2.86. The molecule has 2 aromatic heterocycles. The van der Waals surface area contributed by atoms with Crippen molar-refractivity contribution >= 4 is 36.4 Å². The number of fused-ring (bicyclic) bond motifs is 1. The number of nitrogens with zero attached hydrogens (tertiary/aromatic N) is 4. The molecule has 3 aromatic rings. The van der Waals surface area contributed by atoms with Crippen molar-refractivity contribution in [3.8, 4) is 0 Å². The van der Waals surface area contributed by atoms with E-state index in [4.69, 9.17) is 9.31 Å². The van der Waals surface area contributed by atoms with Crippen molar-refractivity contribution in [2.75, 3.05) is 0 Å². The second-order valence-electron chi connectivity index (χ2n) is 6.82. The number of hydrogen-bond acceptors (Lipinski definition) is 6. The van der Waals surface area contributed by atoms with Gasteiger partial charge < -0.3 is 13.9 Å². The van der Waals surface area contributed by atoms with Crippen molar-refractivity contribution in [3.63, 3.8) is 0 Å². The van der Waals surface area contributed by atoms with Crippen LogP contribution in [0.4, 0.5) is 0 Å². The van der Waals surface area contributed by atoms with Gasteiger partial charge in [-0.3, -0.25) is 0 Å². The molecule has 0 N–H and O–H groups in total. The monoisotopic (exact) mass is 354 g/mol. The van der Waals surface area contributed by atoms with E-state index in [0.717, 1.165) is 16.7 Å². The maximum absolute atomic E-state index is 6.00. The standard InChI is InChI=1S/C17H19BN4O2S/c1-11-17(2,3)24-18(23-11)13-6-4-12(5-7-13)8-22-10-21-14-15(22)19-9-20-16(14)25/h4-7,9-11H,8H2,1-3H3,(H,19,20,25). The minimum Gasteiger partial charge on any atom is -0.402 e. The molecule has 1 aliphatic rings. The highest BCUT2D eigenvalue weighted by Gasteiger charge is 2.43. The normalized spacial score (nSPS) is 19.7. The average Bonchev–Trinajstić information content (AvgIpc) is 3.10. The molecule has 1 aromatic carbocycles. The predicted octanol–water partition coefficient (Wildman–Crippen LogP) is 2.07. The summed E-state index contributed by atoms with van der Waals surface area (Å²) in [6.45, 7) is 6.81. The molecular weight excluding hydrogens is 335 g/mol. The highest BCUT2D eigenvalue weighted by molar-refractivity contribution is 7.80. The lowest BCUT2D eigenvalue weighted by molar-refractivity contribution is 0.0842. The quantitative estimate of drug-likeness (QED) is 0.443. The lowest BCUT2D eigenvalue weighted by atomic mass is 9.79. The lowest BCUT2D eigenvalue weighted by Crippen LogP contribution is -2.34. The largest absolute Gasteiger partial charge is 0.494 e. The Kier molecular flexibility index (Phi) is 4.06. The van der Waals surface area contributed by atoms with Gasteiger partial charge in [0.25, 0.3) is 0 Å². The van der Waals surface area contributed by atoms with E-state index in [-0.39, 0.29) is 18.8 Å². The van der Waals surface area contributed by atoms with E-state index in [1.807, 2.05) is 37.5 Å². The van der Waals surface area contributed by atoms with Crippen molar-refractivity contribution in [1.82, 2.24) is 19.5 Å². The Morgan fingerprint density at radius 3 is 2.64 bits per heavy atom. The molecule has 0 amide bonds. The van der Waals surface area contributed by atoms with Crippen molar-refractivity contribution < 1.29 is 9.31 Å². The summed E-state index contributed by atoms with van der Waals surface area (Å²) in [6.07, 6.45) is 3.33. The molecule has 1 aliphatic heterocycles. The van der Waals surface area contributed by atoms with E-state index in [0.29, 0.717) is 17.1 Å². The molecule has 0 spiro atoms. The van der Waals surface area contributed by atoms with Gasteiger partial charge in [0.05, 0.1) is 24.6 Å². The van der Waals surface area contributed by atoms with Crippen LogP contribution >= 0.6 is 12.6 Å². The van der Waals surface area contributed by atoms with Crippen molar-refractivity contribution in [3.05, 3.63) is 42.5 Å². The van der Waals surface area contributed by atoms with E-state index < -0.39 is 0 Å². The van der Waals surface area contributed by atoms with Gasteiger partial charge in [0, 0.05) is 0 Å². The van der Waals surface area contributed by atoms with Gasteiger partial charge in [0.1, 0.15) is 16.9 Å². The SMILES string of the molecule is CC1OB(c2ccc(Cn3cnc4c(S)ncnc43)cc2)OC1(C)C. The zero-order valence-corrected chi connectivity index (χ0v) is 15.3. The van der Waals surface area contributed by atoms with Crippen LogP contribution in [0.2, 0.25) is 0 Å². The summed E-state index contributed by atoms with van der Waals surface area (Å²) in [7, 11) is -0.312. The van der Waals surface area contributed by atoms with Gasteiger partial charge in [-0.15, -0.1) is 12.6 Å². The smallest absolute Gasteiger partial charge is 0.402 e. The van der Waals surface area contributed by atoms with Crippen LogP contribution in [0.5, 0.6) is 0 Å². The Bertz CT molecular complexity index is 913. The number of rotatable bonds is 3. The van der Waals surface area contributed by atoms with Gasteiger partial charge in [0.2, 0.25) is 0 Å². The van der Waals surface area contributed by atoms with Gasteiger partial charge in [-0.25, -0.2) is 15.0 Å². The molecule has 1 fully saturated rings. The Labute approximate surface area is 152 Å². The van der Waals surface area contributed by atoms with Crippen molar-refractivity contribution in [2.24, 2.45) is 0 Å². The number of thiol groups is 1.